The molecule has 0 amide bonds. The molecular formula is C14H16FN3O2. The number of rotatable bonds is 6. The normalized spacial score (nSPS) is 11.6. The number of ether oxygens (including phenoxy) is 1. The highest BCUT2D eigenvalue weighted by atomic mass is 19.1. The van der Waals surface area contributed by atoms with Gasteiger partial charge in [0.1, 0.15) is 11.6 Å². The number of benzene rings is 1. The lowest BCUT2D eigenvalue weighted by atomic mass is 10.1. The second kappa shape index (κ2) is 6.70. The Hall–Kier alpha value is -2.37. The van der Waals surface area contributed by atoms with E-state index in [9.17, 15) is 4.39 Å². The topological polar surface area (TPSA) is 59.6 Å². The van der Waals surface area contributed by atoms with Crippen LogP contribution in [0.15, 0.2) is 42.1 Å². The van der Waals surface area contributed by atoms with Crippen molar-refractivity contribution in [1.82, 2.24) is 9.55 Å². The van der Waals surface area contributed by atoms with Crippen LogP contribution in [-0.2, 0) is 6.54 Å². The summed E-state index contributed by atoms with van der Waals surface area (Å²) in [5.74, 6) is -0.00460. The van der Waals surface area contributed by atoms with E-state index in [1.807, 2.05) is 10.8 Å². The van der Waals surface area contributed by atoms with E-state index < -0.39 is 0 Å². The molecule has 0 spiro atoms. The van der Waals surface area contributed by atoms with E-state index in [2.05, 4.69) is 10.1 Å². The van der Waals surface area contributed by atoms with Crippen molar-refractivity contribution in [2.45, 2.75) is 19.9 Å². The number of nitrogens with zero attached hydrogens (tertiary/aromatic N) is 3. The fraction of sp³-hybridized carbons (Fsp3) is 0.286. The quantitative estimate of drug-likeness (QED) is 0.382. The highest BCUT2D eigenvalue weighted by Gasteiger charge is 2.09. The van der Waals surface area contributed by atoms with Crippen molar-refractivity contribution in [3.05, 3.63) is 48.3 Å². The van der Waals surface area contributed by atoms with Crippen molar-refractivity contribution in [1.29, 1.82) is 0 Å². The fourth-order valence-electron chi connectivity index (χ4n) is 1.82. The molecule has 2 aromatic rings. The van der Waals surface area contributed by atoms with Crippen LogP contribution in [-0.4, -0.2) is 27.1 Å². The monoisotopic (exact) mass is 277 g/mol. The zero-order valence-electron chi connectivity index (χ0n) is 11.2. The molecular weight excluding hydrogens is 261 g/mol. The Morgan fingerprint density at radius 2 is 2.35 bits per heavy atom. The van der Waals surface area contributed by atoms with Crippen molar-refractivity contribution in [2.75, 3.05) is 6.61 Å². The molecule has 0 aliphatic heterocycles. The summed E-state index contributed by atoms with van der Waals surface area (Å²) in [6, 6.07) is 4.14. The molecule has 6 heteroatoms. The molecule has 1 aromatic heterocycles. The van der Waals surface area contributed by atoms with E-state index in [1.165, 1.54) is 18.2 Å². The van der Waals surface area contributed by atoms with Gasteiger partial charge in [0.15, 0.2) is 0 Å². The summed E-state index contributed by atoms with van der Waals surface area (Å²) in [4.78, 5) is 3.95. The summed E-state index contributed by atoms with van der Waals surface area (Å²) >= 11 is 0. The molecule has 0 unspecified atom stereocenters. The van der Waals surface area contributed by atoms with Gasteiger partial charge in [-0.15, -0.1) is 0 Å². The molecule has 0 saturated carbocycles. The molecule has 0 bridgehead atoms. The maximum Gasteiger partial charge on any atom is 0.131 e. The molecule has 0 fully saturated rings. The first-order valence-electron chi connectivity index (χ1n) is 6.28. The lowest BCUT2D eigenvalue weighted by molar-refractivity contribution is 0.298. The third-order valence-electron chi connectivity index (χ3n) is 2.86. The van der Waals surface area contributed by atoms with E-state index in [4.69, 9.17) is 9.94 Å². The maximum atomic E-state index is 13.3. The van der Waals surface area contributed by atoms with Crippen LogP contribution in [0.3, 0.4) is 0 Å². The van der Waals surface area contributed by atoms with Crippen LogP contribution in [0.4, 0.5) is 4.39 Å². The molecule has 106 valence electrons. The van der Waals surface area contributed by atoms with Crippen LogP contribution in [0.5, 0.6) is 5.75 Å². The standard InChI is InChI=1S/C14H16FN3O2/c1-11(17-19)13-4-3-12(15)9-14(13)20-8-2-6-18-7-5-16-10-18/h3-5,7,9-10,19H,2,6,8H2,1H3. The fourth-order valence-corrected chi connectivity index (χ4v) is 1.82. The van der Waals surface area contributed by atoms with Crippen LogP contribution < -0.4 is 4.74 Å². The zero-order chi connectivity index (χ0) is 14.4. The Morgan fingerprint density at radius 3 is 3.05 bits per heavy atom. The molecule has 0 atom stereocenters. The first-order chi connectivity index (χ1) is 9.70. The largest absolute Gasteiger partial charge is 0.493 e. The number of oxime groups is 1. The minimum Gasteiger partial charge on any atom is -0.493 e. The highest BCUT2D eigenvalue weighted by Crippen LogP contribution is 2.21. The Labute approximate surface area is 116 Å². The van der Waals surface area contributed by atoms with E-state index in [-0.39, 0.29) is 5.82 Å². The summed E-state index contributed by atoms with van der Waals surface area (Å²) in [5.41, 5.74) is 0.964. The molecule has 2 rings (SSSR count). The molecule has 1 heterocycles. The first-order valence-corrected chi connectivity index (χ1v) is 6.28. The Bertz CT molecular complexity index is 582. The SMILES string of the molecule is CC(=NO)c1ccc(F)cc1OCCCn1ccnc1. The van der Waals surface area contributed by atoms with Gasteiger partial charge >= 0.3 is 0 Å². The minimum atomic E-state index is -0.385. The molecule has 0 radical (unpaired) electrons. The van der Waals surface area contributed by atoms with Crippen LogP contribution in [0.1, 0.15) is 18.9 Å². The number of hydrogen-bond donors (Lipinski definition) is 1. The number of aromatic nitrogens is 2. The molecule has 5 nitrogen and oxygen atoms in total. The van der Waals surface area contributed by atoms with Gasteiger partial charge in [0.05, 0.1) is 18.6 Å². The molecule has 0 saturated heterocycles. The lowest BCUT2D eigenvalue weighted by Gasteiger charge is -2.11. The molecule has 20 heavy (non-hydrogen) atoms. The second-order valence-corrected chi connectivity index (χ2v) is 4.33. The van der Waals surface area contributed by atoms with E-state index in [0.717, 1.165) is 13.0 Å². The average Bonchev–Trinajstić information content (AvgIpc) is 2.96. The van der Waals surface area contributed by atoms with Gasteiger partial charge in [0.25, 0.3) is 0 Å². The summed E-state index contributed by atoms with van der Waals surface area (Å²) < 4.78 is 20.8. The van der Waals surface area contributed by atoms with Gasteiger partial charge in [-0.3, -0.25) is 0 Å². The molecule has 0 aliphatic carbocycles. The van der Waals surface area contributed by atoms with Crippen molar-refractivity contribution in [2.24, 2.45) is 5.16 Å². The van der Waals surface area contributed by atoms with Gasteiger partial charge in [0, 0.05) is 30.6 Å². The Kier molecular flexibility index (Phi) is 4.70. The second-order valence-electron chi connectivity index (χ2n) is 4.33. The molecule has 0 aliphatic rings. The van der Waals surface area contributed by atoms with Gasteiger partial charge in [-0.05, 0) is 25.5 Å². The van der Waals surface area contributed by atoms with E-state index in [1.54, 1.807) is 19.4 Å². The van der Waals surface area contributed by atoms with Crippen molar-refractivity contribution in [3.8, 4) is 5.75 Å². The van der Waals surface area contributed by atoms with Crippen LogP contribution in [0.2, 0.25) is 0 Å². The van der Waals surface area contributed by atoms with E-state index >= 15 is 0 Å². The molecule has 1 N–H and O–H groups in total. The zero-order valence-corrected chi connectivity index (χ0v) is 11.2. The predicted octanol–water partition coefficient (Wildman–Crippen LogP) is 2.69. The number of imidazole rings is 1. The summed E-state index contributed by atoms with van der Waals surface area (Å²) in [5, 5.41) is 11.9. The third-order valence-corrected chi connectivity index (χ3v) is 2.86. The van der Waals surface area contributed by atoms with Crippen molar-refractivity contribution in [3.63, 3.8) is 0 Å². The average molecular weight is 277 g/mol. The lowest BCUT2D eigenvalue weighted by Crippen LogP contribution is -2.06. The summed E-state index contributed by atoms with van der Waals surface area (Å²) in [7, 11) is 0. The number of halogens is 1. The summed E-state index contributed by atoms with van der Waals surface area (Å²) in [6.07, 6.45) is 6.08. The van der Waals surface area contributed by atoms with Gasteiger partial charge in [-0.1, -0.05) is 5.16 Å². The van der Waals surface area contributed by atoms with E-state index in [0.29, 0.717) is 23.6 Å². The number of hydrogen-bond acceptors (Lipinski definition) is 4. The Morgan fingerprint density at radius 1 is 1.50 bits per heavy atom. The van der Waals surface area contributed by atoms with Gasteiger partial charge in [-0.25, -0.2) is 9.37 Å². The van der Waals surface area contributed by atoms with Gasteiger partial charge < -0.3 is 14.5 Å². The predicted molar refractivity (Wildman–Crippen MR) is 72.7 cm³/mol. The van der Waals surface area contributed by atoms with Crippen LogP contribution in [0.25, 0.3) is 0 Å². The van der Waals surface area contributed by atoms with Crippen LogP contribution >= 0.6 is 0 Å². The maximum absolute atomic E-state index is 13.3. The van der Waals surface area contributed by atoms with Gasteiger partial charge in [0.2, 0.25) is 0 Å². The number of aryl methyl sites for hydroxylation is 1. The smallest absolute Gasteiger partial charge is 0.131 e. The highest BCUT2D eigenvalue weighted by molar-refractivity contribution is 6.00. The summed E-state index contributed by atoms with van der Waals surface area (Å²) in [6.45, 7) is 2.84. The third kappa shape index (κ3) is 3.57. The van der Waals surface area contributed by atoms with Crippen LogP contribution in [0, 0.1) is 5.82 Å². The Balaban J connectivity index is 1.96. The van der Waals surface area contributed by atoms with Crippen molar-refractivity contribution < 1.29 is 14.3 Å². The first kappa shape index (κ1) is 14.0. The molecule has 1 aromatic carbocycles. The van der Waals surface area contributed by atoms with Gasteiger partial charge in [-0.2, -0.15) is 0 Å². The van der Waals surface area contributed by atoms with Crippen molar-refractivity contribution >= 4 is 5.71 Å². The minimum absolute atomic E-state index is 0.380.